The maximum Gasteiger partial charge on any atom is 0.255 e. The zero-order valence-corrected chi connectivity index (χ0v) is 13.4. The number of amides is 1. The first-order valence-corrected chi connectivity index (χ1v) is 7.44. The van der Waals surface area contributed by atoms with Gasteiger partial charge < -0.3 is 4.90 Å². The van der Waals surface area contributed by atoms with Crippen molar-refractivity contribution in [3.05, 3.63) is 69.2 Å². The van der Waals surface area contributed by atoms with Crippen molar-refractivity contribution in [3.8, 4) is 6.07 Å². The summed E-state index contributed by atoms with van der Waals surface area (Å²) < 4.78 is 0.732. The summed E-state index contributed by atoms with van der Waals surface area (Å²) in [5.41, 5.74) is 1.44. The van der Waals surface area contributed by atoms with E-state index in [0.29, 0.717) is 17.1 Å². The minimum atomic E-state index is -0.213. The van der Waals surface area contributed by atoms with Crippen LogP contribution in [0.15, 0.2) is 53.0 Å². The lowest BCUT2D eigenvalue weighted by molar-refractivity contribution is 0.0765. The Kier molecular flexibility index (Phi) is 5.38. The summed E-state index contributed by atoms with van der Waals surface area (Å²) in [5, 5.41) is 9.40. The van der Waals surface area contributed by atoms with Crippen molar-refractivity contribution in [2.24, 2.45) is 0 Å². The number of halogens is 2. The Morgan fingerprint density at radius 3 is 2.57 bits per heavy atom. The van der Waals surface area contributed by atoms with Gasteiger partial charge in [0.05, 0.1) is 11.1 Å². The van der Waals surface area contributed by atoms with Crippen molar-refractivity contribution < 1.29 is 4.79 Å². The molecule has 0 aliphatic carbocycles. The molecule has 3 nitrogen and oxygen atoms in total. The van der Waals surface area contributed by atoms with Gasteiger partial charge in [0.1, 0.15) is 6.54 Å². The van der Waals surface area contributed by atoms with Gasteiger partial charge in [0.15, 0.2) is 0 Å². The largest absolute Gasteiger partial charge is 0.321 e. The first-order chi connectivity index (χ1) is 10.1. The lowest BCUT2D eigenvalue weighted by Crippen LogP contribution is -2.30. The second-order valence-corrected chi connectivity index (χ2v) is 5.70. The summed E-state index contributed by atoms with van der Waals surface area (Å²) in [6.07, 6.45) is 0. The van der Waals surface area contributed by atoms with Crippen LogP contribution < -0.4 is 0 Å². The summed E-state index contributed by atoms with van der Waals surface area (Å²) in [4.78, 5) is 14.0. The van der Waals surface area contributed by atoms with Crippen LogP contribution in [0.3, 0.4) is 0 Å². The van der Waals surface area contributed by atoms with Crippen molar-refractivity contribution in [2.75, 3.05) is 6.54 Å². The molecule has 0 saturated carbocycles. The fraction of sp³-hybridized carbons (Fsp3) is 0.125. The molecule has 5 heteroatoms. The molecule has 1 amide bonds. The number of hydrogen-bond acceptors (Lipinski definition) is 2. The van der Waals surface area contributed by atoms with Crippen molar-refractivity contribution in [1.29, 1.82) is 5.26 Å². The fourth-order valence-electron chi connectivity index (χ4n) is 1.90. The highest BCUT2D eigenvalue weighted by molar-refractivity contribution is 9.10. The molecular weight excluding hydrogens is 352 g/mol. The van der Waals surface area contributed by atoms with Crippen LogP contribution in [0, 0.1) is 11.3 Å². The summed E-state index contributed by atoms with van der Waals surface area (Å²) in [6, 6.07) is 16.6. The molecule has 2 aromatic carbocycles. The molecule has 0 aliphatic rings. The van der Waals surface area contributed by atoms with E-state index in [1.54, 1.807) is 18.2 Å². The van der Waals surface area contributed by atoms with Crippen LogP contribution in [0.5, 0.6) is 0 Å². The third-order valence-corrected chi connectivity index (χ3v) is 4.16. The second kappa shape index (κ2) is 7.26. The lowest BCUT2D eigenvalue weighted by atomic mass is 10.1. The average Bonchev–Trinajstić information content (AvgIpc) is 2.50. The number of benzene rings is 2. The summed E-state index contributed by atoms with van der Waals surface area (Å²) in [7, 11) is 0. The van der Waals surface area contributed by atoms with Gasteiger partial charge in [-0.3, -0.25) is 4.79 Å². The van der Waals surface area contributed by atoms with Gasteiger partial charge in [-0.25, -0.2) is 0 Å². The van der Waals surface area contributed by atoms with Gasteiger partial charge in [0, 0.05) is 16.6 Å². The van der Waals surface area contributed by atoms with Crippen molar-refractivity contribution >= 4 is 33.4 Å². The minimum absolute atomic E-state index is 0.0292. The first kappa shape index (κ1) is 15.6. The van der Waals surface area contributed by atoms with E-state index in [9.17, 15) is 4.79 Å². The molecule has 106 valence electrons. The molecule has 21 heavy (non-hydrogen) atoms. The molecule has 0 spiro atoms. The summed E-state index contributed by atoms with van der Waals surface area (Å²) in [5.74, 6) is -0.213. The van der Waals surface area contributed by atoms with Gasteiger partial charge in [-0.05, 0) is 39.7 Å². The number of nitriles is 1. The van der Waals surface area contributed by atoms with Gasteiger partial charge in [-0.1, -0.05) is 41.9 Å². The topological polar surface area (TPSA) is 44.1 Å². The van der Waals surface area contributed by atoms with E-state index in [-0.39, 0.29) is 12.5 Å². The highest BCUT2D eigenvalue weighted by Gasteiger charge is 2.16. The van der Waals surface area contributed by atoms with Crippen LogP contribution >= 0.6 is 27.5 Å². The molecule has 0 N–H and O–H groups in total. The van der Waals surface area contributed by atoms with Gasteiger partial charge in [0.2, 0.25) is 0 Å². The Labute approximate surface area is 136 Å². The van der Waals surface area contributed by atoms with Gasteiger partial charge in [0.25, 0.3) is 5.91 Å². The molecule has 2 rings (SSSR count). The Hall–Kier alpha value is -1.83. The predicted molar refractivity (Wildman–Crippen MR) is 85.9 cm³/mol. The Morgan fingerprint density at radius 1 is 1.24 bits per heavy atom. The maximum absolute atomic E-state index is 12.5. The molecule has 2 aromatic rings. The molecule has 0 bridgehead atoms. The predicted octanol–water partition coefficient (Wildman–Crippen LogP) is 4.27. The summed E-state index contributed by atoms with van der Waals surface area (Å²) >= 11 is 9.31. The maximum atomic E-state index is 12.5. The standard InChI is InChI=1S/C16H12BrClN2O/c17-14-7-6-13(10-15(14)18)16(21)20(9-8-19)11-12-4-2-1-3-5-12/h1-7,10H,9,11H2. The quantitative estimate of drug-likeness (QED) is 0.762. The zero-order valence-electron chi connectivity index (χ0n) is 11.1. The molecule has 0 saturated heterocycles. The molecule has 0 unspecified atom stereocenters. The Bertz CT molecular complexity index is 682. The van der Waals surface area contributed by atoms with Crippen LogP contribution in [0.4, 0.5) is 0 Å². The second-order valence-electron chi connectivity index (χ2n) is 4.43. The van der Waals surface area contributed by atoms with E-state index >= 15 is 0 Å². The minimum Gasteiger partial charge on any atom is -0.321 e. The van der Waals surface area contributed by atoms with Crippen molar-refractivity contribution in [1.82, 2.24) is 4.90 Å². The number of rotatable bonds is 4. The zero-order chi connectivity index (χ0) is 15.2. The van der Waals surface area contributed by atoms with Gasteiger partial charge >= 0.3 is 0 Å². The van der Waals surface area contributed by atoms with Crippen LogP contribution in [0.2, 0.25) is 5.02 Å². The van der Waals surface area contributed by atoms with Gasteiger partial charge in [-0.15, -0.1) is 0 Å². The normalized spacial score (nSPS) is 9.95. The number of hydrogen-bond donors (Lipinski definition) is 0. The number of nitrogens with zero attached hydrogens (tertiary/aromatic N) is 2. The smallest absolute Gasteiger partial charge is 0.255 e. The fourth-order valence-corrected chi connectivity index (χ4v) is 2.33. The van der Waals surface area contributed by atoms with Gasteiger partial charge in [-0.2, -0.15) is 5.26 Å². The SMILES string of the molecule is N#CCN(Cc1ccccc1)C(=O)c1ccc(Br)c(Cl)c1. The molecule has 0 heterocycles. The third-order valence-electron chi connectivity index (χ3n) is 2.93. The van der Waals surface area contributed by atoms with E-state index in [0.717, 1.165) is 10.0 Å². The van der Waals surface area contributed by atoms with E-state index in [1.165, 1.54) is 4.90 Å². The van der Waals surface area contributed by atoms with E-state index in [4.69, 9.17) is 16.9 Å². The highest BCUT2D eigenvalue weighted by Crippen LogP contribution is 2.24. The first-order valence-electron chi connectivity index (χ1n) is 6.27. The molecule has 0 aliphatic heterocycles. The van der Waals surface area contributed by atoms with E-state index < -0.39 is 0 Å². The van der Waals surface area contributed by atoms with Crippen LogP contribution in [-0.2, 0) is 6.54 Å². The Morgan fingerprint density at radius 2 is 1.95 bits per heavy atom. The van der Waals surface area contributed by atoms with E-state index in [2.05, 4.69) is 15.9 Å². The van der Waals surface area contributed by atoms with Crippen molar-refractivity contribution in [2.45, 2.75) is 6.54 Å². The summed E-state index contributed by atoms with van der Waals surface area (Å²) in [6.45, 7) is 0.419. The monoisotopic (exact) mass is 362 g/mol. The van der Waals surface area contributed by atoms with Crippen LogP contribution in [-0.4, -0.2) is 17.4 Å². The molecule has 0 aromatic heterocycles. The lowest BCUT2D eigenvalue weighted by Gasteiger charge is -2.20. The third kappa shape index (κ3) is 4.07. The van der Waals surface area contributed by atoms with Crippen LogP contribution in [0.1, 0.15) is 15.9 Å². The Balaban J connectivity index is 2.23. The average molecular weight is 364 g/mol. The molecular formula is C16H12BrClN2O. The van der Waals surface area contributed by atoms with Crippen molar-refractivity contribution in [3.63, 3.8) is 0 Å². The molecule has 0 fully saturated rings. The number of carbonyl (C=O) groups is 1. The molecule has 0 atom stereocenters. The van der Waals surface area contributed by atoms with Crippen LogP contribution in [0.25, 0.3) is 0 Å². The van der Waals surface area contributed by atoms with E-state index in [1.807, 2.05) is 36.4 Å². The number of carbonyl (C=O) groups excluding carboxylic acids is 1. The molecule has 0 radical (unpaired) electrons. The highest BCUT2D eigenvalue weighted by atomic mass is 79.9.